The van der Waals surface area contributed by atoms with Gasteiger partial charge < -0.3 is 10.2 Å². The van der Waals surface area contributed by atoms with Crippen molar-refractivity contribution in [2.45, 2.75) is 32.6 Å². The molecule has 1 fully saturated rings. The van der Waals surface area contributed by atoms with Crippen LogP contribution in [0.25, 0.3) is 11.1 Å². The molecular weight excluding hydrogens is 310 g/mol. The first-order chi connectivity index (χ1) is 11.6. The van der Waals surface area contributed by atoms with E-state index >= 15 is 0 Å². The Balaban J connectivity index is 2.04. The highest BCUT2D eigenvalue weighted by atomic mass is 19.3. The maximum atomic E-state index is 12.9. The van der Waals surface area contributed by atoms with Gasteiger partial charge in [0.1, 0.15) is 0 Å². The molecule has 0 atom stereocenters. The molecule has 0 unspecified atom stereocenters. The highest BCUT2D eigenvalue weighted by Gasteiger charge is 2.20. The minimum atomic E-state index is -2.39. The molecule has 2 aromatic heterocycles. The Bertz CT molecular complexity index is 712. The van der Waals surface area contributed by atoms with Crippen LogP contribution in [0.3, 0.4) is 0 Å². The molecule has 24 heavy (non-hydrogen) atoms. The van der Waals surface area contributed by atoms with Gasteiger partial charge in [0.15, 0.2) is 0 Å². The van der Waals surface area contributed by atoms with E-state index in [1.165, 1.54) is 0 Å². The molecule has 0 radical (unpaired) electrons. The van der Waals surface area contributed by atoms with Gasteiger partial charge in [-0.2, -0.15) is 0 Å². The Morgan fingerprint density at radius 1 is 1.17 bits per heavy atom. The lowest BCUT2D eigenvalue weighted by Gasteiger charge is -2.22. The predicted octanol–water partition coefficient (Wildman–Crippen LogP) is 3.90. The number of anilines is 2. The van der Waals surface area contributed by atoms with Crippen molar-refractivity contribution in [1.29, 1.82) is 0 Å². The summed E-state index contributed by atoms with van der Waals surface area (Å²) in [5.74, 6) is 0. The third-order valence-corrected chi connectivity index (χ3v) is 4.43. The maximum absolute atomic E-state index is 12.9. The molecule has 1 saturated heterocycles. The van der Waals surface area contributed by atoms with Crippen LogP contribution < -0.4 is 10.2 Å². The number of nitrogens with zero attached hydrogens (tertiary/aromatic N) is 3. The number of aryl methyl sites for hydroxylation is 1. The molecule has 0 spiro atoms. The van der Waals surface area contributed by atoms with Crippen LogP contribution in [0.1, 0.15) is 24.2 Å². The summed E-state index contributed by atoms with van der Waals surface area (Å²) >= 11 is 0. The van der Waals surface area contributed by atoms with Crippen molar-refractivity contribution in [3.8, 4) is 11.1 Å². The third kappa shape index (κ3) is 3.47. The van der Waals surface area contributed by atoms with E-state index in [0.29, 0.717) is 5.69 Å². The number of halogens is 2. The summed E-state index contributed by atoms with van der Waals surface area (Å²) in [6, 6.07) is 4.00. The molecule has 6 heteroatoms. The molecule has 1 N–H and O–H groups in total. The number of rotatable bonds is 5. The van der Waals surface area contributed by atoms with Gasteiger partial charge in [-0.1, -0.05) is 0 Å². The van der Waals surface area contributed by atoms with Crippen LogP contribution in [-0.4, -0.2) is 36.5 Å². The quantitative estimate of drug-likeness (QED) is 0.901. The number of aromatic nitrogens is 2. The van der Waals surface area contributed by atoms with E-state index in [2.05, 4.69) is 20.2 Å². The van der Waals surface area contributed by atoms with Gasteiger partial charge in [-0.15, -0.1) is 0 Å². The van der Waals surface area contributed by atoms with E-state index in [-0.39, 0.29) is 6.42 Å². The van der Waals surface area contributed by atoms with E-state index in [9.17, 15) is 8.78 Å². The molecule has 128 valence electrons. The first-order valence-corrected chi connectivity index (χ1v) is 8.25. The molecule has 0 amide bonds. The van der Waals surface area contributed by atoms with Crippen LogP contribution >= 0.6 is 0 Å². The average Bonchev–Trinajstić information content (AvgIpc) is 3.10. The van der Waals surface area contributed by atoms with Gasteiger partial charge in [-0.3, -0.25) is 9.97 Å². The van der Waals surface area contributed by atoms with E-state index in [4.69, 9.17) is 0 Å². The fourth-order valence-electron chi connectivity index (χ4n) is 3.13. The number of nitrogens with one attached hydrogen (secondary N) is 1. The maximum Gasteiger partial charge on any atom is 0.244 e. The van der Waals surface area contributed by atoms with Crippen LogP contribution in [0.15, 0.2) is 24.5 Å². The summed E-state index contributed by atoms with van der Waals surface area (Å²) in [6.07, 6.45) is 2.95. The second kappa shape index (κ2) is 7.11. The summed E-state index contributed by atoms with van der Waals surface area (Å²) in [6.45, 7) is 3.74. The predicted molar refractivity (Wildman–Crippen MR) is 92.9 cm³/mol. The van der Waals surface area contributed by atoms with Crippen LogP contribution in [-0.2, 0) is 6.42 Å². The minimum absolute atomic E-state index is 0.306. The molecule has 0 saturated carbocycles. The van der Waals surface area contributed by atoms with Crippen LogP contribution in [0.5, 0.6) is 0 Å². The minimum Gasteiger partial charge on any atom is -0.387 e. The van der Waals surface area contributed by atoms with Crippen LogP contribution in [0.4, 0.5) is 20.2 Å². The Morgan fingerprint density at radius 3 is 2.58 bits per heavy atom. The normalized spacial score (nSPS) is 14.5. The van der Waals surface area contributed by atoms with Crippen molar-refractivity contribution < 1.29 is 8.78 Å². The Hall–Kier alpha value is -2.24. The van der Waals surface area contributed by atoms with E-state index < -0.39 is 6.43 Å². The van der Waals surface area contributed by atoms with Gasteiger partial charge in [0.25, 0.3) is 0 Å². The molecular formula is C18H22F2N4. The van der Waals surface area contributed by atoms with Gasteiger partial charge in [0.2, 0.25) is 6.43 Å². The molecule has 2 aromatic rings. The van der Waals surface area contributed by atoms with Crippen molar-refractivity contribution in [3.05, 3.63) is 35.9 Å². The Morgan fingerprint density at radius 2 is 1.92 bits per heavy atom. The number of hydrogen-bond acceptors (Lipinski definition) is 4. The lowest BCUT2D eigenvalue weighted by Crippen LogP contribution is -2.20. The smallest absolute Gasteiger partial charge is 0.244 e. The largest absolute Gasteiger partial charge is 0.387 e. The first kappa shape index (κ1) is 16.6. The van der Waals surface area contributed by atoms with E-state index in [1.807, 2.05) is 26.1 Å². The summed E-state index contributed by atoms with van der Waals surface area (Å²) in [4.78, 5) is 10.9. The summed E-state index contributed by atoms with van der Waals surface area (Å²) < 4.78 is 25.8. The van der Waals surface area contributed by atoms with E-state index in [0.717, 1.165) is 54.1 Å². The molecule has 1 aliphatic heterocycles. The van der Waals surface area contributed by atoms with Crippen LogP contribution in [0, 0.1) is 6.92 Å². The van der Waals surface area contributed by atoms with Gasteiger partial charge >= 0.3 is 0 Å². The zero-order valence-corrected chi connectivity index (χ0v) is 14.0. The fraction of sp³-hybridized carbons (Fsp3) is 0.444. The summed E-state index contributed by atoms with van der Waals surface area (Å²) in [5, 5.41) is 3.08. The van der Waals surface area contributed by atoms with Crippen molar-refractivity contribution in [2.24, 2.45) is 0 Å². The molecule has 0 aliphatic carbocycles. The SMILES string of the molecule is CNc1cnc(C)c(-c2cnc(CC(F)F)c(N3CCCC3)c2)c1. The first-order valence-electron chi connectivity index (χ1n) is 8.25. The summed E-state index contributed by atoms with van der Waals surface area (Å²) in [5.41, 5.74) is 5.00. The molecule has 0 aromatic carbocycles. The van der Waals surface area contributed by atoms with Crippen molar-refractivity contribution in [2.75, 3.05) is 30.4 Å². The van der Waals surface area contributed by atoms with E-state index in [1.54, 1.807) is 12.4 Å². The highest BCUT2D eigenvalue weighted by molar-refractivity contribution is 5.73. The molecule has 0 bridgehead atoms. The zero-order chi connectivity index (χ0) is 17.1. The van der Waals surface area contributed by atoms with Gasteiger partial charge in [-0.05, 0) is 31.9 Å². The monoisotopic (exact) mass is 332 g/mol. The molecule has 1 aliphatic rings. The number of alkyl halides is 2. The van der Waals surface area contributed by atoms with Crippen molar-refractivity contribution >= 4 is 11.4 Å². The molecule has 3 heterocycles. The third-order valence-electron chi connectivity index (χ3n) is 4.43. The topological polar surface area (TPSA) is 41.1 Å². The average molecular weight is 332 g/mol. The second-order valence-electron chi connectivity index (χ2n) is 6.09. The lowest BCUT2D eigenvalue weighted by molar-refractivity contribution is 0.148. The summed E-state index contributed by atoms with van der Waals surface area (Å²) in [7, 11) is 1.84. The standard InChI is InChI=1S/C18H22F2N4/c1-12-15(8-14(21-2)11-22-12)13-7-17(24-5-3-4-6-24)16(23-10-13)9-18(19)20/h7-8,10-11,18,21H,3-6,9H2,1-2H3. The Kier molecular flexibility index (Phi) is 4.92. The van der Waals surface area contributed by atoms with Crippen LogP contribution in [0.2, 0.25) is 0 Å². The molecule has 4 nitrogen and oxygen atoms in total. The van der Waals surface area contributed by atoms with Gasteiger partial charge in [0.05, 0.1) is 29.7 Å². The second-order valence-corrected chi connectivity index (χ2v) is 6.09. The lowest BCUT2D eigenvalue weighted by atomic mass is 10.0. The highest BCUT2D eigenvalue weighted by Crippen LogP contribution is 2.32. The number of hydrogen-bond donors (Lipinski definition) is 1. The fourth-order valence-corrected chi connectivity index (χ4v) is 3.13. The number of pyridine rings is 2. The van der Waals surface area contributed by atoms with Gasteiger partial charge in [0, 0.05) is 43.2 Å². The Labute approximate surface area is 140 Å². The molecule has 3 rings (SSSR count). The van der Waals surface area contributed by atoms with Crippen molar-refractivity contribution in [3.63, 3.8) is 0 Å². The van der Waals surface area contributed by atoms with Crippen molar-refractivity contribution in [1.82, 2.24) is 9.97 Å². The zero-order valence-electron chi connectivity index (χ0n) is 14.0. The van der Waals surface area contributed by atoms with Gasteiger partial charge in [-0.25, -0.2) is 8.78 Å².